The standard InChI is InChI=1S/C5H9FN2O/c1-8-4(2-6)3-7-5(8)9/h4H,2-3H2,1H3,(H,7,9). The van der Waals surface area contributed by atoms with Gasteiger partial charge in [-0.2, -0.15) is 0 Å². The van der Waals surface area contributed by atoms with Crippen molar-refractivity contribution in [1.82, 2.24) is 10.2 Å². The van der Waals surface area contributed by atoms with E-state index in [9.17, 15) is 9.18 Å². The topological polar surface area (TPSA) is 32.3 Å². The minimum Gasteiger partial charge on any atom is -0.336 e. The number of likely N-dealkylation sites (N-methyl/N-ethyl adjacent to an activating group) is 1. The number of rotatable bonds is 1. The van der Waals surface area contributed by atoms with Gasteiger partial charge in [0.05, 0.1) is 6.04 Å². The summed E-state index contributed by atoms with van der Waals surface area (Å²) in [5.41, 5.74) is 0. The van der Waals surface area contributed by atoms with Gasteiger partial charge in [-0.25, -0.2) is 9.18 Å². The number of nitrogens with one attached hydrogen (secondary N) is 1. The zero-order chi connectivity index (χ0) is 6.85. The molecule has 4 heteroatoms. The Balaban J connectivity index is 2.51. The molecule has 1 atom stereocenters. The van der Waals surface area contributed by atoms with Crippen LogP contribution in [0.3, 0.4) is 0 Å². The van der Waals surface area contributed by atoms with Gasteiger partial charge >= 0.3 is 6.03 Å². The average Bonchev–Trinajstić information content (AvgIpc) is 2.15. The lowest BCUT2D eigenvalue weighted by atomic mass is 10.3. The number of nitrogens with zero attached hydrogens (tertiary/aromatic N) is 1. The molecule has 1 aliphatic rings. The molecule has 2 amide bonds. The third kappa shape index (κ3) is 0.966. The fourth-order valence-electron chi connectivity index (χ4n) is 0.791. The minimum atomic E-state index is -0.463. The quantitative estimate of drug-likeness (QED) is 0.534. The van der Waals surface area contributed by atoms with E-state index in [1.54, 1.807) is 7.05 Å². The van der Waals surface area contributed by atoms with Crippen LogP contribution in [0.5, 0.6) is 0 Å². The molecule has 0 saturated carbocycles. The normalized spacial score (nSPS) is 26.7. The summed E-state index contributed by atoms with van der Waals surface area (Å²) >= 11 is 0. The molecular weight excluding hydrogens is 123 g/mol. The monoisotopic (exact) mass is 132 g/mol. The average molecular weight is 132 g/mol. The Morgan fingerprint density at radius 2 is 2.67 bits per heavy atom. The minimum absolute atomic E-state index is 0.183. The van der Waals surface area contributed by atoms with Gasteiger partial charge in [-0.05, 0) is 0 Å². The predicted octanol–water partition coefficient (Wildman–Crippen LogP) is -0.0205. The van der Waals surface area contributed by atoms with Crippen molar-refractivity contribution in [2.45, 2.75) is 6.04 Å². The van der Waals surface area contributed by atoms with Crippen LogP contribution in [0.4, 0.5) is 9.18 Å². The molecule has 52 valence electrons. The Morgan fingerprint density at radius 1 is 2.00 bits per heavy atom. The molecule has 0 radical (unpaired) electrons. The first-order chi connectivity index (χ1) is 4.25. The lowest BCUT2D eigenvalue weighted by Gasteiger charge is -2.12. The maximum absolute atomic E-state index is 11.9. The lowest BCUT2D eigenvalue weighted by Crippen LogP contribution is -2.31. The highest BCUT2D eigenvalue weighted by Crippen LogP contribution is 2.02. The molecule has 0 spiro atoms. The van der Waals surface area contributed by atoms with Crippen LogP contribution in [0.1, 0.15) is 0 Å². The third-order valence-electron chi connectivity index (χ3n) is 1.54. The second-order valence-electron chi connectivity index (χ2n) is 2.11. The van der Waals surface area contributed by atoms with Gasteiger partial charge in [0.15, 0.2) is 0 Å². The van der Waals surface area contributed by atoms with Crippen molar-refractivity contribution in [2.75, 3.05) is 20.3 Å². The zero-order valence-corrected chi connectivity index (χ0v) is 5.22. The molecule has 0 bridgehead atoms. The molecule has 1 N–H and O–H groups in total. The van der Waals surface area contributed by atoms with Crippen LogP contribution in [0.25, 0.3) is 0 Å². The summed E-state index contributed by atoms with van der Waals surface area (Å²) < 4.78 is 11.9. The van der Waals surface area contributed by atoms with Crippen molar-refractivity contribution >= 4 is 6.03 Å². The van der Waals surface area contributed by atoms with E-state index in [4.69, 9.17) is 0 Å². The van der Waals surface area contributed by atoms with E-state index in [1.165, 1.54) is 4.90 Å². The highest BCUT2D eigenvalue weighted by atomic mass is 19.1. The Labute approximate surface area is 52.8 Å². The van der Waals surface area contributed by atoms with E-state index < -0.39 is 6.67 Å². The number of alkyl halides is 1. The number of carbonyl (C=O) groups is 1. The van der Waals surface area contributed by atoms with E-state index in [0.717, 1.165) is 0 Å². The molecule has 1 aliphatic heterocycles. The van der Waals surface area contributed by atoms with Crippen LogP contribution < -0.4 is 5.32 Å². The van der Waals surface area contributed by atoms with Gasteiger partial charge in [0, 0.05) is 13.6 Å². The number of urea groups is 1. The molecule has 1 saturated heterocycles. The predicted molar refractivity (Wildman–Crippen MR) is 30.9 cm³/mol. The van der Waals surface area contributed by atoms with Gasteiger partial charge in [0.25, 0.3) is 0 Å². The smallest absolute Gasteiger partial charge is 0.317 e. The van der Waals surface area contributed by atoms with Gasteiger partial charge in [-0.15, -0.1) is 0 Å². The summed E-state index contributed by atoms with van der Waals surface area (Å²) in [5, 5.41) is 2.52. The van der Waals surface area contributed by atoms with Gasteiger partial charge in [0.2, 0.25) is 0 Å². The van der Waals surface area contributed by atoms with Crippen molar-refractivity contribution in [3.63, 3.8) is 0 Å². The fraction of sp³-hybridized carbons (Fsp3) is 0.800. The molecule has 1 heterocycles. The molecule has 0 aromatic rings. The van der Waals surface area contributed by atoms with Crippen molar-refractivity contribution in [3.8, 4) is 0 Å². The van der Waals surface area contributed by atoms with E-state index in [-0.39, 0.29) is 12.1 Å². The van der Waals surface area contributed by atoms with Crippen LogP contribution in [0, 0.1) is 0 Å². The van der Waals surface area contributed by atoms with Crippen LogP contribution in [-0.2, 0) is 0 Å². The first-order valence-electron chi connectivity index (χ1n) is 2.82. The zero-order valence-electron chi connectivity index (χ0n) is 5.22. The Hall–Kier alpha value is -0.800. The van der Waals surface area contributed by atoms with Crippen LogP contribution in [-0.4, -0.2) is 37.2 Å². The molecular formula is C5H9FN2O. The molecule has 9 heavy (non-hydrogen) atoms. The third-order valence-corrected chi connectivity index (χ3v) is 1.54. The molecule has 1 unspecified atom stereocenters. The molecule has 0 aromatic heterocycles. The van der Waals surface area contributed by atoms with E-state index >= 15 is 0 Å². The number of halogens is 1. The number of hydrogen-bond donors (Lipinski definition) is 1. The van der Waals surface area contributed by atoms with Gasteiger partial charge < -0.3 is 10.2 Å². The van der Waals surface area contributed by atoms with Gasteiger partial charge in [-0.3, -0.25) is 0 Å². The summed E-state index contributed by atoms with van der Waals surface area (Å²) in [6.45, 7) is -0.0267. The van der Waals surface area contributed by atoms with Crippen LogP contribution in [0.2, 0.25) is 0 Å². The molecule has 3 nitrogen and oxygen atoms in total. The maximum Gasteiger partial charge on any atom is 0.317 e. The number of carbonyl (C=O) groups excluding carboxylic acids is 1. The van der Waals surface area contributed by atoms with Crippen molar-refractivity contribution in [1.29, 1.82) is 0 Å². The second kappa shape index (κ2) is 2.21. The van der Waals surface area contributed by atoms with E-state index in [1.807, 2.05) is 0 Å². The molecule has 1 rings (SSSR count). The van der Waals surface area contributed by atoms with Crippen LogP contribution in [0.15, 0.2) is 0 Å². The highest BCUT2D eigenvalue weighted by Gasteiger charge is 2.26. The Kier molecular flexibility index (Phi) is 1.55. The first-order valence-corrected chi connectivity index (χ1v) is 2.82. The number of amides is 2. The molecule has 0 aliphatic carbocycles. The Morgan fingerprint density at radius 3 is 2.89 bits per heavy atom. The molecule has 1 fully saturated rings. The van der Waals surface area contributed by atoms with Crippen molar-refractivity contribution in [2.24, 2.45) is 0 Å². The molecule has 0 aromatic carbocycles. The van der Waals surface area contributed by atoms with Crippen molar-refractivity contribution < 1.29 is 9.18 Å². The fourth-order valence-corrected chi connectivity index (χ4v) is 0.791. The largest absolute Gasteiger partial charge is 0.336 e. The lowest BCUT2D eigenvalue weighted by molar-refractivity contribution is 0.209. The van der Waals surface area contributed by atoms with Crippen LogP contribution >= 0.6 is 0 Å². The van der Waals surface area contributed by atoms with Gasteiger partial charge in [0.1, 0.15) is 6.67 Å². The Bertz CT molecular complexity index is 128. The summed E-state index contributed by atoms with van der Waals surface area (Å²) in [6.07, 6.45) is 0. The first kappa shape index (κ1) is 6.32. The van der Waals surface area contributed by atoms with E-state index in [0.29, 0.717) is 6.54 Å². The van der Waals surface area contributed by atoms with Gasteiger partial charge in [-0.1, -0.05) is 0 Å². The maximum atomic E-state index is 11.9. The summed E-state index contributed by atoms with van der Waals surface area (Å²) in [5.74, 6) is 0. The second-order valence-corrected chi connectivity index (χ2v) is 2.11. The van der Waals surface area contributed by atoms with E-state index in [2.05, 4.69) is 5.32 Å². The highest BCUT2D eigenvalue weighted by molar-refractivity contribution is 5.76. The summed E-state index contributed by atoms with van der Waals surface area (Å²) in [4.78, 5) is 12.0. The summed E-state index contributed by atoms with van der Waals surface area (Å²) in [6, 6.07) is -0.435. The SMILES string of the molecule is CN1C(=O)NCC1CF. The van der Waals surface area contributed by atoms with Crippen molar-refractivity contribution in [3.05, 3.63) is 0 Å². The number of hydrogen-bond acceptors (Lipinski definition) is 1. The summed E-state index contributed by atoms with van der Waals surface area (Å²) in [7, 11) is 1.59.